The second-order valence-corrected chi connectivity index (χ2v) is 7.75. The summed E-state index contributed by atoms with van der Waals surface area (Å²) in [6, 6.07) is 2.25. The van der Waals surface area contributed by atoms with Crippen LogP contribution in [0.25, 0.3) is 0 Å². The topological polar surface area (TPSA) is 64.0 Å². The summed E-state index contributed by atoms with van der Waals surface area (Å²) in [6.07, 6.45) is 0.895. The highest BCUT2D eigenvalue weighted by Gasteiger charge is 2.34. The van der Waals surface area contributed by atoms with Crippen LogP contribution in [0.2, 0.25) is 0 Å². The molecule has 1 aliphatic rings. The molecule has 0 amide bonds. The van der Waals surface area contributed by atoms with Gasteiger partial charge in [0.05, 0.1) is 37.9 Å². The summed E-state index contributed by atoms with van der Waals surface area (Å²) in [4.78, 5) is 0. The van der Waals surface area contributed by atoms with Gasteiger partial charge in [0.2, 0.25) is 0 Å². The third kappa shape index (κ3) is 6.96. The molecule has 4 unspecified atom stereocenters. The van der Waals surface area contributed by atoms with E-state index in [-0.39, 0.29) is 24.3 Å². The average molecular weight is 356 g/mol. The van der Waals surface area contributed by atoms with Crippen LogP contribution in [-0.2, 0) is 18.5 Å². The van der Waals surface area contributed by atoms with Gasteiger partial charge in [0, 0.05) is 31.1 Å². The van der Waals surface area contributed by atoms with E-state index in [4.69, 9.17) is 31.6 Å². The molecule has 0 bridgehead atoms. The maximum Gasteiger partial charge on any atom is 0.259 e. The first-order chi connectivity index (χ1) is 11.4. The normalized spacial score (nSPS) is 25.5. The van der Waals surface area contributed by atoms with Crippen molar-refractivity contribution in [1.29, 1.82) is 5.26 Å². The van der Waals surface area contributed by atoms with Crippen molar-refractivity contribution in [3.05, 3.63) is 0 Å². The van der Waals surface area contributed by atoms with Crippen molar-refractivity contribution in [1.82, 2.24) is 4.67 Å². The van der Waals surface area contributed by atoms with Gasteiger partial charge in [0.15, 0.2) is 0 Å². The van der Waals surface area contributed by atoms with Crippen molar-refractivity contribution in [2.75, 3.05) is 19.8 Å². The Bertz CT molecular complexity index is 387. The maximum absolute atomic E-state index is 8.72. The van der Waals surface area contributed by atoms with Gasteiger partial charge in [0.25, 0.3) is 8.53 Å². The lowest BCUT2D eigenvalue weighted by Crippen LogP contribution is -2.34. The van der Waals surface area contributed by atoms with Crippen molar-refractivity contribution in [3.63, 3.8) is 0 Å². The molecule has 0 aromatic heterocycles. The third-order valence-corrected chi connectivity index (χ3v) is 5.70. The zero-order chi connectivity index (χ0) is 18.1. The smallest absolute Gasteiger partial charge is 0.259 e. The van der Waals surface area contributed by atoms with Crippen LogP contribution in [0.5, 0.6) is 0 Å². The summed E-state index contributed by atoms with van der Waals surface area (Å²) in [7, 11) is 4.69. The van der Waals surface area contributed by atoms with Crippen LogP contribution >= 0.6 is 8.53 Å². The molecule has 0 aromatic rings. The first-order valence-corrected chi connectivity index (χ1v) is 9.77. The second kappa shape index (κ2) is 11.4. The van der Waals surface area contributed by atoms with Crippen LogP contribution in [0.3, 0.4) is 0 Å². The molecule has 1 rings (SSSR count). The van der Waals surface area contributed by atoms with E-state index in [1.165, 1.54) is 0 Å². The van der Waals surface area contributed by atoms with Gasteiger partial charge in [-0.3, -0.25) is 0 Å². The van der Waals surface area contributed by atoms with Crippen molar-refractivity contribution in [3.8, 4) is 6.07 Å². The van der Waals surface area contributed by atoms with Gasteiger partial charge in [-0.25, -0.2) is 4.67 Å². The lowest BCUT2D eigenvalue weighted by Gasteiger charge is -2.35. The zero-order valence-electron chi connectivity index (χ0n) is 15.5. The molecule has 0 saturated carbocycles. The van der Waals surface area contributed by atoms with Crippen molar-refractivity contribution >= 4 is 16.4 Å². The molecule has 1 saturated heterocycles. The van der Waals surface area contributed by atoms with Crippen LogP contribution in [0, 0.1) is 11.3 Å². The molecule has 1 heterocycles. The standard InChI is InChI=1S/C16H30BN2O4P/c1-6-20-15-10-14(23-16(15)17)11-22-24(21-9-7-8-18)19(12(2)3)13(4)5/h12-16H,6-7,9-11H2,1-5H3. The minimum atomic E-state index is -1.25. The largest absolute Gasteiger partial charge is 0.380 e. The molecule has 4 atom stereocenters. The monoisotopic (exact) mass is 356 g/mol. The van der Waals surface area contributed by atoms with E-state index < -0.39 is 14.5 Å². The van der Waals surface area contributed by atoms with E-state index in [2.05, 4.69) is 38.4 Å². The number of rotatable bonds is 11. The fraction of sp³-hybridized carbons (Fsp3) is 0.938. The number of ether oxygens (including phenoxy) is 2. The summed E-state index contributed by atoms with van der Waals surface area (Å²) < 4.78 is 25.4. The predicted octanol–water partition coefficient (Wildman–Crippen LogP) is 2.97. The number of nitriles is 1. The van der Waals surface area contributed by atoms with Gasteiger partial charge < -0.3 is 18.5 Å². The van der Waals surface area contributed by atoms with Crippen LogP contribution < -0.4 is 0 Å². The zero-order valence-corrected chi connectivity index (χ0v) is 16.4. The fourth-order valence-electron chi connectivity index (χ4n) is 2.70. The van der Waals surface area contributed by atoms with E-state index in [0.717, 1.165) is 6.42 Å². The molecule has 0 aliphatic carbocycles. The van der Waals surface area contributed by atoms with E-state index in [1.807, 2.05) is 6.92 Å². The Hall–Kier alpha value is -0.215. The van der Waals surface area contributed by atoms with Crippen molar-refractivity contribution in [2.24, 2.45) is 0 Å². The predicted molar refractivity (Wildman–Crippen MR) is 95.6 cm³/mol. The Balaban J connectivity index is 2.60. The Morgan fingerprint density at radius 3 is 2.50 bits per heavy atom. The minimum absolute atomic E-state index is 0.0827. The summed E-state index contributed by atoms with van der Waals surface area (Å²) in [5.41, 5.74) is 0. The number of hydrogen-bond acceptors (Lipinski definition) is 6. The molecule has 8 heteroatoms. The highest BCUT2D eigenvalue weighted by atomic mass is 31.2. The average Bonchev–Trinajstić information content (AvgIpc) is 2.84. The molecule has 1 fully saturated rings. The molecule has 1 aliphatic heterocycles. The van der Waals surface area contributed by atoms with Crippen LogP contribution in [0.4, 0.5) is 0 Å². The number of nitrogens with zero attached hydrogens (tertiary/aromatic N) is 2. The van der Waals surface area contributed by atoms with Gasteiger partial charge >= 0.3 is 0 Å². The molecule has 0 spiro atoms. The summed E-state index contributed by atoms with van der Waals surface area (Å²) in [6.45, 7) is 11.8. The quantitative estimate of drug-likeness (QED) is 0.322. The minimum Gasteiger partial charge on any atom is -0.380 e. The summed E-state index contributed by atoms with van der Waals surface area (Å²) >= 11 is 0. The molecule has 0 N–H and O–H groups in total. The van der Waals surface area contributed by atoms with E-state index in [1.54, 1.807) is 0 Å². The van der Waals surface area contributed by atoms with Crippen molar-refractivity contribution < 1.29 is 18.5 Å². The molecular formula is C16H30BN2O4P. The maximum atomic E-state index is 8.72. The van der Waals surface area contributed by atoms with Gasteiger partial charge in [-0.05, 0) is 34.6 Å². The van der Waals surface area contributed by atoms with Gasteiger partial charge in [-0.1, -0.05) is 0 Å². The molecule has 136 valence electrons. The highest BCUT2D eigenvalue weighted by Crippen LogP contribution is 2.46. The lowest BCUT2D eigenvalue weighted by atomic mass is 9.94. The Kier molecular flexibility index (Phi) is 10.4. The molecule has 0 aromatic carbocycles. The van der Waals surface area contributed by atoms with Gasteiger partial charge in [0.1, 0.15) is 7.85 Å². The van der Waals surface area contributed by atoms with Crippen molar-refractivity contribution in [2.45, 2.75) is 77.8 Å². The number of hydrogen-bond donors (Lipinski definition) is 0. The Morgan fingerprint density at radius 2 is 1.96 bits per heavy atom. The first-order valence-electron chi connectivity index (χ1n) is 8.64. The highest BCUT2D eigenvalue weighted by molar-refractivity contribution is 7.44. The van der Waals surface area contributed by atoms with E-state index >= 15 is 0 Å². The van der Waals surface area contributed by atoms with Crippen LogP contribution in [0.1, 0.15) is 47.5 Å². The van der Waals surface area contributed by atoms with Crippen LogP contribution in [0.15, 0.2) is 0 Å². The van der Waals surface area contributed by atoms with Gasteiger partial charge in [-0.15, -0.1) is 0 Å². The summed E-state index contributed by atoms with van der Waals surface area (Å²) in [5, 5.41) is 8.72. The molecule has 6 nitrogen and oxygen atoms in total. The second-order valence-electron chi connectivity index (χ2n) is 6.29. The van der Waals surface area contributed by atoms with E-state index in [0.29, 0.717) is 26.2 Å². The van der Waals surface area contributed by atoms with E-state index in [9.17, 15) is 0 Å². The Morgan fingerprint density at radius 1 is 1.29 bits per heavy atom. The fourth-order valence-corrected chi connectivity index (χ4v) is 4.34. The SMILES string of the molecule is [B]C1OC(COP(OCCC#N)N(C(C)C)C(C)C)CC1OCC. The molecule has 2 radical (unpaired) electrons. The summed E-state index contributed by atoms with van der Waals surface area (Å²) in [5.74, 6) is 0. The van der Waals surface area contributed by atoms with Crippen LogP contribution in [-0.4, -0.2) is 62.6 Å². The Labute approximate surface area is 149 Å². The third-order valence-electron chi connectivity index (χ3n) is 3.63. The van der Waals surface area contributed by atoms with Gasteiger partial charge in [-0.2, -0.15) is 5.26 Å². The lowest BCUT2D eigenvalue weighted by molar-refractivity contribution is 0.0116. The molecule has 24 heavy (non-hydrogen) atoms. The molecular weight excluding hydrogens is 326 g/mol. The first kappa shape index (κ1) is 21.8.